The minimum absolute atomic E-state index is 0.0870. The molecule has 0 fully saturated rings. The van der Waals surface area contributed by atoms with Crippen molar-refractivity contribution in [2.75, 3.05) is 13.2 Å². The molecule has 0 saturated carbocycles. The normalized spacial score (nSPS) is 12.3. The van der Waals surface area contributed by atoms with Gasteiger partial charge in [-0.25, -0.2) is 0 Å². The van der Waals surface area contributed by atoms with Gasteiger partial charge in [0.15, 0.2) is 6.10 Å². The number of rotatable bonds is 46. The Morgan fingerprint density at radius 1 is 0.322 bits per heavy atom. The van der Waals surface area contributed by atoms with Crippen molar-refractivity contribution in [3.63, 3.8) is 0 Å². The fraction of sp³-hybridized carbons (Fsp3) is 0.830. The van der Waals surface area contributed by atoms with Crippen LogP contribution in [0.2, 0.25) is 0 Å². The van der Waals surface area contributed by atoms with Crippen LogP contribution in [0.25, 0.3) is 0 Å². The van der Waals surface area contributed by atoms with Gasteiger partial charge in [0.2, 0.25) is 0 Å². The third-order valence-electron chi connectivity index (χ3n) is 11.1. The number of ether oxygens (including phenoxy) is 3. The molecule has 0 amide bonds. The summed E-state index contributed by atoms with van der Waals surface area (Å²) < 4.78 is 16.7. The van der Waals surface area contributed by atoms with Gasteiger partial charge in [0.1, 0.15) is 13.2 Å². The highest BCUT2D eigenvalue weighted by Crippen LogP contribution is 2.14. The molecule has 59 heavy (non-hydrogen) atoms. The van der Waals surface area contributed by atoms with Crippen LogP contribution in [0.4, 0.5) is 0 Å². The Labute approximate surface area is 365 Å². The van der Waals surface area contributed by atoms with Crippen molar-refractivity contribution in [3.8, 4) is 0 Å². The maximum Gasteiger partial charge on any atom is 0.306 e. The van der Waals surface area contributed by atoms with Gasteiger partial charge >= 0.3 is 17.9 Å². The molecular formula is C53H96O6. The van der Waals surface area contributed by atoms with Crippen LogP contribution < -0.4 is 0 Å². The Kier molecular flexibility index (Phi) is 46.4. The maximum atomic E-state index is 12.8. The second kappa shape index (κ2) is 48.3. The van der Waals surface area contributed by atoms with Gasteiger partial charge in [-0.1, -0.05) is 192 Å². The monoisotopic (exact) mass is 829 g/mol. The predicted octanol–water partition coefficient (Wildman–Crippen LogP) is 16.5. The second-order valence-corrected chi connectivity index (χ2v) is 17.1. The van der Waals surface area contributed by atoms with Gasteiger partial charge in [-0.05, 0) is 89.9 Å². The smallest absolute Gasteiger partial charge is 0.306 e. The van der Waals surface area contributed by atoms with Crippen molar-refractivity contribution in [1.82, 2.24) is 0 Å². The van der Waals surface area contributed by atoms with Crippen LogP contribution >= 0.6 is 0 Å². The molecule has 0 aromatic heterocycles. The average Bonchev–Trinajstić information content (AvgIpc) is 3.23. The molecule has 6 nitrogen and oxygen atoms in total. The van der Waals surface area contributed by atoms with Gasteiger partial charge < -0.3 is 14.2 Å². The van der Waals surface area contributed by atoms with E-state index in [-0.39, 0.29) is 31.1 Å². The fourth-order valence-corrected chi connectivity index (χ4v) is 7.20. The van der Waals surface area contributed by atoms with E-state index in [9.17, 15) is 14.4 Å². The first kappa shape index (κ1) is 56.6. The summed E-state index contributed by atoms with van der Waals surface area (Å²) in [4.78, 5) is 37.8. The van der Waals surface area contributed by atoms with Crippen LogP contribution in [0.15, 0.2) is 36.5 Å². The Hall–Kier alpha value is -2.37. The largest absolute Gasteiger partial charge is 0.462 e. The standard InChI is InChI=1S/C53H96O6/c1-4-7-10-13-16-19-21-23-25-27-29-31-34-37-40-43-46-52(55)58-49-50(48-57-51(54)45-42-39-36-33-18-15-12-9-6-3)59-53(56)47-44-41-38-35-32-30-28-26-24-22-20-17-14-11-8-5-2/h25-28,33,36,50H,4-24,29-32,34-35,37-49H2,1-3H3/b27-25-,28-26-,36-33-. The molecule has 0 aromatic rings. The number of hydrogen-bond donors (Lipinski definition) is 0. The van der Waals surface area contributed by atoms with Crippen LogP contribution in [0.5, 0.6) is 0 Å². The summed E-state index contributed by atoms with van der Waals surface area (Å²) in [5.74, 6) is -0.933. The minimum Gasteiger partial charge on any atom is -0.462 e. The molecule has 1 atom stereocenters. The summed E-state index contributed by atoms with van der Waals surface area (Å²) in [7, 11) is 0. The first-order chi connectivity index (χ1) is 29.0. The molecule has 0 aliphatic carbocycles. The maximum absolute atomic E-state index is 12.8. The summed E-state index contributed by atoms with van der Waals surface area (Å²) in [6, 6.07) is 0. The molecule has 0 spiro atoms. The van der Waals surface area contributed by atoms with Crippen LogP contribution in [0, 0.1) is 0 Å². The molecule has 0 bridgehead atoms. The van der Waals surface area contributed by atoms with Gasteiger partial charge in [-0.3, -0.25) is 14.4 Å². The van der Waals surface area contributed by atoms with Crippen molar-refractivity contribution in [2.24, 2.45) is 0 Å². The summed E-state index contributed by atoms with van der Waals surface area (Å²) in [6.45, 7) is 6.57. The zero-order chi connectivity index (χ0) is 43.0. The Morgan fingerprint density at radius 3 is 0.932 bits per heavy atom. The Bertz CT molecular complexity index is 1000. The summed E-state index contributed by atoms with van der Waals surface area (Å²) >= 11 is 0. The van der Waals surface area contributed by atoms with Crippen LogP contribution in [-0.2, 0) is 28.6 Å². The fourth-order valence-electron chi connectivity index (χ4n) is 7.20. The number of allylic oxidation sites excluding steroid dienone is 6. The van der Waals surface area contributed by atoms with E-state index >= 15 is 0 Å². The van der Waals surface area contributed by atoms with E-state index in [1.165, 1.54) is 148 Å². The van der Waals surface area contributed by atoms with E-state index in [0.717, 1.165) is 77.0 Å². The molecule has 344 valence electrons. The van der Waals surface area contributed by atoms with E-state index in [4.69, 9.17) is 14.2 Å². The molecule has 0 N–H and O–H groups in total. The van der Waals surface area contributed by atoms with E-state index in [1.54, 1.807) is 0 Å². The molecular weight excluding hydrogens is 733 g/mol. The highest BCUT2D eigenvalue weighted by Gasteiger charge is 2.19. The van der Waals surface area contributed by atoms with Gasteiger partial charge in [-0.15, -0.1) is 0 Å². The molecule has 6 heteroatoms. The molecule has 0 aliphatic rings. The van der Waals surface area contributed by atoms with Crippen LogP contribution in [0.3, 0.4) is 0 Å². The van der Waals surface area contributed by atoms with Crippen LogP contribution in [0.1, 0.15) is 265 Å². The van der Waals surface area contributed by atoms with E-state index in [1.807, 2.05) is 0 Å². The first-order valence-electron chi connectivity index (χ1n) is 25.5. The van der Waals surface area contributed by atoms with Gasteiger partial charge in [0.05, 0.1) is 0 Å². The topological polar surface area (TPSA) is 78.9 Å². The lowest BCUT2D eigenvalue weighted by molar-refractivity contribution is -0.167. The number of hydrogen-bond acceptors (Lipinski definition) is 6. The Morgan fingerprint density at radius 2 is 0.576 bits per heavy atom. The lowest BCUT2D eigenvalue weighted by Gasteiger charge is -2.18. The molecule has 0 aliphatic heterocycles. The number of esters is 3. The second-order valence-electron chi connectivity index (χ2n) is 17.1. The number of carbonyl (C=O) groups is 3. The van der Waals surface area contributed by atoms with E-state index < -0.39 is 6.10 Å². The third kappa shape index (κ3) is 46.5. The summed E-state index contributed by atoms with van der Waals surface area (Å²) in [6.07, 6.45) is 55.7. The van der Waals surface area contributed by atoms with Crippen molar-refractivity contribution < 1.29 is 28.6 Å². The third-order valence-corrected chi connectivity index (χ3v) is 11.1. The zero-order valence-corrected chi connectivity index (χ0v) is 39.3. The van der Waals surface area contributed by atoms with E-state index in [2.05, 4.69) is 57.2 Å². The predicted molar refractivity (Wildman–Crippen MR) is 252 cm³/mol. The first-order valence-corrected chi connectivity index (χ1v) is 25.5. The Balaban J connectivity index is 4.35. The van der Waals surface area contributed by atoms with Crippen LogP contribution in [-0.4, -0.2) is 37.2 Å². The van der Waals surface area contributed by atoms with Crippen molar-refractivity contribution in [3.05, 3.63) is 36.5 Å². The van der Waals surface area contributed by atoms with E-state index in [0.29, 0.717) is 19.3 Å². The zero-order valence-electron chi connectivity index (χ0n) is 39.3. The lowest BCUT2D eigenvalue weighted by atomic mass is 10.1. The molecule has 0 saturated heterocycles. The van der Waals surface area contributed by atoms with Gasteiger partial charge in [-0.2, -0.15) is 0 Å². The number of unbranched alkanes of at least 4 members (excludes halogenated alkanes) is 29. The SMILES string of the molecule is CCCCCC/C=C\CCCC(=O)OCC(COC(=O)CCCCCCC/C=C\CCCCCCCCC)OC(=O)CCCCCCC/C=C\CCCCCCCCC. The van der Waals surface area contributed by atoms with Gasteiger partial charge in [0.25, 0.3) is 0 Å². The number of carbonyl (C=O) groups excluding carboxylic acids is 3. The molecule has 0 rings (SSSR count). The average molecular weight is 829 g/mol. The molecule has 0 heterocycles. The summed E-state index contributed by atoms with van der Waals surface area (Å²) in [5, 5.41) is 0. The van der Waals surface area contributed by atoms with Gasteiger partial charge in [0, 0.05) is 19.3 Å². The van der Waals surface area contributed by atoms with Crippen molar-refractivity contribution in [2.45, 2.75) is 271 Å². The highest BCUT2D eigenvalue weighted by atomic mass is 16.6. The molecule has 0 radical (unpaired) electrons. The summed E-state index contributed by atoms with van der Waals surface area (Å²) in [5.41, 5.74) is 0. The van der Waals surface area contributed by atoms with Crippen molar-refractivity contribution in [1.29, 1.82) is 0 Å². The minimum atomic E-state index is -0.787. The molecule has 1 unspecified atom stereocenters. The quantitative estimate of drug-likeness (QED) is 0.0263. The highest BCUT2D eigenvalue weighted by molar-refractivity contribution is 5.71. The van der Waals surface area contributed by atoms with Crippen molar-refractivity contribution >= 4 is 17.9 Å². The molecule has 0 aromatic carbocycles. The lowest BCUT2D eigenvalue weighted by Crippen LogP contribution is -2.30.